The molecule has 0 spiro atoms. The molecule has 0 unspecified atom stereocenters. The lowest BCUT2D eigenvalue weighted by Crippen LogP contribution is -1.93. The van der Waals surface area contributed by atoms with E-state index in [-0.39, 0.29) is 11.3 Å². The molecule has 0 bridgehead atoms. The zero-order chi connectivity index (χ0) is 13.1. The standard InChI is InChI=1S/C11H8N4O2S/c1-14-5-4-13-11(14)18-9-3-2-8(7-12)10(6-9)15(16)17/h2-6H,1H3. The van der Waals surface area contributed by atoms with Gasteiger partial charge in [0.25, 0.3) is 5.69 Å². The number of nitro groups is 1. The normalized spacial score (nSPS) is 10.0. The molecule has 0 radical (unpaired) electrons. The Labute approximate surface area is 107 Å². The Hall–Kier alpha value is -2.33. The number of benzene rings is 1. The zero-order valence-electron chi connectivity index (χ0n) is 9.40. The summed E-state index contributed by atoms with van der Waals surface area (Å²) in [5.41, 5.74) is -0.124. The van der Waals surface area contributed by atoms with E-state index >= 15 is 0 Å². The second kappa shape index (κ2) is 4.89. The highest BCUT2D eigenvalue weighted by Gasteiger charge is 2.15. The average Bonchev–Trinajstić information content (AvgIpc) is 2.75. The van der Waals surface area contributed by atoms with Gasteiger partial charge < -0.3 is 4.57 Å². The molecule has 1 aromatic carbocycles. The Morgan fingerprint density at radius 3 is 2.89 bits per heavy atom. The van der Waals surface area contributed by atoms with E-state index in [1.807, 2.05) is 11.6 Å². The van der Waals surface area contributed by atoms with Crippen LogP contribution in [-0.4, -0.2) is 14.5 Å². The number of hydrogen-bond acceptors (Lipinski definition) is 5. The quantitative estimate of drug-likeness (QED) is 0.624. The minimum Gasteiger partial charge on any atom is -0.329 e. The average molecular weight is 260 g/mol. The molecule has 0 saturated carbocycles. The first-order chi connectivity index (χ1) is 8.61. The fourth-order valence-corrected chi connectivity index (χ4v) is 2.21. The van der Waals surface area contributed by atoms with Crippen molar-refractivity contribution in [3.8, 4) is 6.07 Å². The van der Waals surface area contributed by atoms with Gasteiger partial charge in [0.1, 0.15) is 11.6 Å². The van der Waals surface area contributed by atoms with Crippen molar-refractivity contribution in [2.75, 3.05) is 0 Å². The molecule has 0 atom stereocenters. The summed E-state index contributed by atoms with van der Waals surface area (Å²) >= 11 is 1.31. The van der Waals surface area contributed by atoms with Crippen LogP contribution in [0.1, 0.15) is 5.56 Å². The summed E-state index contributed by atoms with van der Waals surface area (Å²) in [6.07, 6.45) is 3.45. The Balaban J connectivity index is 2.36. The van der Waals surface area contributed by atoms with Gasteiger partial charge in [0.05, 0.1) is 4.92 Å². The van der Waals surface area contributed by atoms with Gasteiger partial charge in [0.15, 0.2) is 5.16 Å². The molecule has 0 fully saturated rings. The Morgan fingerprint density at radius 2 is 2.33 bits per heavy atom. The highest BCUT2D eigenvalue weighted by atomic mass is 32.2. The van der Waals surface area contributed by atoms with Gasteiger partial charge >= 0.3 is 0 Å². The van der Waals surface area contributed by atoms with E-state index in [0.29, 0.717) is 4.90 Å². The monoisotopic (exact) mass is 260 g/mol. The molecule has 1 heterocycles. The van der Waals surface area contributed by atoms with Gasteiger partial charge in [-0.3, -0.25) is 10.1 Å². The summed E-state index contributed by atoms with van der Waals surface area (Å²) in [6.45, 7) is 0. The van der Waals surface area contributed by atoms with Gasteiger partial charge in [-0.15, -0.1) is 0 Å². The molecule has 2 aromatic rings. The lowest BCUT2D eigenvalue weighted by Gasteiger charge is -2.02. The van der Waals surface area contributed by atoms with Crippen LogP contribution in [0.5, 0.6) is 0 Å². The fourth-order valence-electron chi connectivity index (χ4n) is 1.38. The number of rotatable bonds is 3. The van der Waals surface area contributed by atoms with Crippen molar-refractivity contribution in [2.45, 2.75) is 10.1 Å². The molecule has 18 heavy (non-hydrogen) atoms. The van der Waals surface area contributed by atoms with Gasteiger partial charge in [-0.05, 0) is 12.1 Å². The van der Waals surface area contributed by atoms with Gasteiger partial charge in [0.2, 0.25) is 0 Å². The summed E-state index contributed by atoms with van der Waals surface area (Å²) in [4.78, 5) is 15.1. The third-order valence-corrected chi connectivity index (χ3v) is 3.34. The molecule has 1 aromatic heterocycles. The summed E-state index contributed by atoms with van der Waals surface area (Å²) in [7, 11) is 1.84. The Morgan fingerprint density at radius 1 is 1.56 bits per heavy atom. The second-order valence-corrected chi connectivity index (χ2v) is 4.51. The van der Waals surface area contributed by atoms with E-state index in [0.717, 1.165) is 5.16 Å². The smallest absolute Gasteiger partial charge is 0.288 e. The maximum Gasteiger partial charge on any atom is 0.288 e. The van der Waals surface area contributed by atoms with Gasteiger partial charge in [0, 0.05) is 30.4 Å². The van der Waals surface area contributed by atoms with Crippen molar-refractivity contribution in [3.63, 3.8) is 0 Å². The van der Waals surface area contributed by atoms with E-state index < -0.39 is 4.92 Å². The number of aromatic nitrogens is 2. The summed E-state index contributed by atoms with van der Waals surface area (Å²) in [6, 6.07) is 6.31. The van der Waals surface area contributed by atoms with E-state index in [1.165, 1.54) is 23.9 Å². The molecule has 6 nitrogen and oxygen atoms in total. The van der Waals surface area contributed by atoms with Gasteiger partial charge in [-0.25, -0.2) is 4.98 Å². The van der Waals surface area contributed by atoms with Crippen molar-refractivity contribution in [2.24, 2.45) is 7.05 Å². The van der Waals surface area contributed by atoms with Crippen molar-refractivity contribution in [1.82, 2.24) is 9.55 Å². The van der Waals surface area contributed by atoms with Crippen molar-refractivity contribution in [3.05, 3.63) is 46.3 Å². The van der Waals surface area contributed by atoms with E-state index in [4.69, 9.17) is 5.26 Å². The number of nitro benzene ring substituents is 1. The molecule has 7 heteroatoms. The maximum atomic E-state index is 10.8. The highest BCUT2D eigenvalue weighted by Crippen LogP contribution is 2.30. The van der Waals surface area contributed by atoms with Crippen LogP contribution in [-0.2, 0) is 7.05 Å². The van der Waals surface area contributed by atoms with Crippen molar-refractivity contribution in [1.29, 1.82) is 5.26 Å². The largest absolute Gasteiger partial charge is 0.329 e. The van der Waals surface area contributed by atoms with Crippen LogP contribution >= 0.6 is 11.8 Å². The molecule has 0 aliphatic rings. The number of imidazole rings is 1. The van der Waals surface area contributed by atoms with Crippen molar-refractivity contribution < 1.29 is 4.92 Å². The number of aryl methyl sites for hydroxylation is 1. The van der Waals surface area contributed by atoms with E-state index in [9.17, 15) is 10.1 Å². The Bertz CT molecular complexity index is 645. The number of nitriles is 1. The predicted octanol–water partition coefficient (Wildman–Crippen LogP) is 2.35. The van der Waals surface area contributed by atoms with Crippen LogP contribution in [0, 0.1) is 21.4 Å². The molecular formula is C11H8N4O2S. The molecule has 0 amide bonds. The molecule has 0 aliphatic carbocycles. The lowest BCUT2D eigenvalue weighted by atomic mass is 10.2. The molecule has 0 aliphatic heterocycles. The van der Waals surface area contributed by atoms with Crippen LogP contribution < -0.4 is 0 Å². The predicted molar refractivity (Wildman–Crippen MR) is 65.1 cm³/mol. The van der Waals surface area contributed by atoms with Crippen LogP contribution in [0.3, 0.4) is 0 Å². The van der Waals surface area contributed by atoms with Gasteiger partial charge in [-0.1, -0.05) is 11.8 Å². The fraction of sp³-hybridized carbons (Fsp3) is 0.0909. The zero-order valence-corrected chi connectivity index (χ0v) is 10.2. The topological polar surface area (TPSA) is 84.8 Å². The first-order valence-electron chi connectivity index (χ1n) is 4.95. The summed E-state index contributed by atoms with van der Waals surface area (Å²) < 4.78 is 1.81. The van der Waals surface area contributed by atoms with Crippen LogP contribution in [0.15, 0.2) is 40.6 Å². The number of hydrogen-bond donors (Lipinski definition) is 0. The summed E-state index contributed by atoms with van der Waals surface area (Å²) in [5.74, 6) is 0. The third-order valence-electron chi connectivity index (χ3n) is 2.27. The highest BCUT2D eigenvalue weighted by molar-refractivity contribution is 7.99. The minimum atomic E-state index is -0.555. The molecule has 90 valence electrons. The van der Waals surface area contributed by atoms with Crippen molar-refractivity contribution >= 4 is 17.4 Å². The summed E-state index contributed by atoms with van der Waals surface area (Å²) in [5, 5.41) is 20.3. The van der Waals surface area contributed by atoms with E-state index in [2.05, 4.69) is 4.98 Å². The lowest BCUT2D eigenvalue weighted by molar-refractivity contribution is -0.385. The first-order valence-corrected chi connectivity index (χ1v) is 5.77. The van der Waals surface area contributed by atoms with Crippen LogP contribution in [0.25, 0.3) is 0 Å². The number of nitrogens with zero attached hydrogens (tertiary/aromatic N) is 4. The van der Waals surface area contributed by atoms with Crippen LogP contribution in [0.4, 0.5) is 5.69 Å². The van der Waals surface area contributed by atoms with Gasteiger partial charge in [-0.2, -0.15) is 5.26 Å². The Kier molecular flexibility index (Phi) is 3.30. The van der Waals surface area contributed by atoms with Crippen LogP contribution in [0.2, 0.25) is 0 Å². The molecule has 0 saturated heterocycles. The molecule has 2 rings (SSSR count). The van der Waals surface area contributed by atoms with E-state index in [1.54, 1.807) is 24.5 Å². The minimum absolute atomic E-state index is 0.0594. The first kappa shape index (κ1) is 12.1. The SMILES string of the molecule is Cn1ccnc1Sc1ccc(C#N)c([N+](=O)[O-])c1. The maximum absolute atomic E-state index is 10.8. The molecule has 0 N–H and O–H groups in total. The molecular weight excluding hydrogens is 252 g/mol. The third kappa shape index (κ3) is 2.33. The second-order valence-electron chi connectivity index (χ2n) is 3.47.